The number of aryl methyl sites for hydroxylation is 2. The van der Waals surface area contributed by atoms with Crippen LogP contribution in [0.3, 0.4) is 0 Å². The number of benzene rings is 1. The fourth-order valence-corrected chi connectivity index (χ4v) is 3.00. The molecule has 0 saturated heterocycles. The minimum absolute atomic E-state index is 0.135. The molecule has 0 aliphatic rings. The van der Waals surface area contributed by atoms with Gasteiger partial charge in [0.05, 0.1) is 6.04 Å². The maximum absolute atomic E-state index is 5.80. The highest BCUT2D eigenvalue weighted by atomic mass is 32.1. The first-order valence-corrected chi connectivity index (χ1v) is 7.85. The fourth-order valence-electron chi connectivity index (χ4n) is 1.97. The molecule has 3 nitrogen and oxygen atoms in total. The molecule has 0 fully saturated rings. The summed E-state index contributed by atoms with van der Waals surface area (Å²) in [6.07, 6.45) is 2.97. The van der Waals surface area contributed by atoms with Crippen molar-refractivity contribution in [2.75, 3.05) is 5.32 Å². The van der Waals surface area contributed by atoms with Crippen LogP contribution >= 0.6 is 23.6 Å². The van der Waals surface area contributed by atoms with Gasteiger partial charge in [-0.1, -0.05) is 30.8 Å². The Balaban J connectivity index is 2.23. The van der Waals surface area contributed by atoms with Crippen LogP contribution in [0.15, 0.2) is 24.4 Å². The molecular weight excluding hydrogens is 286 g/mol. The molecule has 0 radical (unpaired) electrons. The lowest BCUT2D eigenvalue weighted by Crippen LogP contribution is -2.15. The number of rotatable bonds is 5. The number of nitrogens with two attached hydrogens (primary N) is 1. The van der Waals surface area contributed by atoms with Gasteiger partial charge in [0.1, 0.15) is 10.00 Å². The quantitative estimate of drug-likeness (QED) is 0.825. The lowest BCUT2D eigenvalue weighted by molar-refractivity contribution is 0.869. The monoisotopic (exact) mass is 305 g/mol. The maximum Gasteiger partial charge on any atom is 0.115 e. The summed E-state index contributed by atoms with van der Waals surface area (Å²) in [5, 5.41) is 4.53. The van der Waals surface area contributed by atoms with E-state index in [1.807, 2.05) is 25.3 Å². The van der Waals surface area contributed by atoms with Crippen LogP contribution in [0.4, 0.5) is 5.69 Å². The molecule has 1 unspecified atom stereocenters. The van der Waals surface area contributed by atoms with E-state index in [1.165, 1.54) is 4.88 Å². The summed E-state index contributed by atoms with van der Waals surface area (Å²) >= 11 is 6.87. The number of hydrogen-bond donors (Lipinski definition) is 2. The van der Waals surface area contributed by atoms with Crippen molar-refractivity contribution in [1.29, 1.82) is 0 Å². The molecule has 106 valence electrons. The second kappa shape index (κ2) is 6.33. The molecule has 3 N–H and O–H groups in total. The molecule has 0 amide bonds. The highest BCUT2D eigenvalue weighted by Gasteiger charge is 2.13. The first-order valence-electron chi connectivity index (χ1n) is 6.62. The van der Waals surface area contributed by atoms with E-state index in [0.29, 0.717) is 4.99 Å². The van der Waals surface area contributed by atoms with E-state index >= 15 is 0 Å². The molecule has 20 heavy (non-hydrogen) atoms. The van der Waals surface area contributed by atoms with Crippen molar-refractivity contribution >= 4 is 34.2 Å². The van der Waals surface area contributed by atoms with Crippen molar-refractivity contribution in [2.24, 2.45) is 5.73 Å². The molecule has 2 aromatic rings. The van der Waals surface area contributed by atoms with Crippen LogP contribution in [0, 0.1) is 6.92 Å². The zero-order valence-corrected chi connectivity index (χ0v) is 13.6. The number of aromatic nitrogens is 1. The van der Waals surface area contributed by atoms with Gasteiger partial charge in [0, 0.05) is 22.3 Å². The summed E-state index contributed by atoms with van der Waals surface area (Å²) in [7, 11) is 0. The Morgan fingerprint density at radius 3 is 2.85 bits per heavy atom. The Hall–Kier alpha value is -1.46. The van der Waals surface area contributed by atoms with Gasteiger partial charge in [-0.2, -0.15) is 0 Å². The third-order valence-electron chi connectivity index (χ3n) is 3.10. The van der Waals surface area contributed by atoms with Crippen molar-refractivity contribution in [3.05, 3.63) is 45.4 Å². The zero-order chi connectivity index (χ0) is 14.7. The molecule has 1 heterocycles. The summed E-state index contributed by atoms with van der Waals surface area (Å²) < 4.78 is 0. The second-order valence-electron chi connectivity index (χ2n) is 4.80. The van der Waals surface area contributed by atoms with Gasteiger partial charge in [0.2, 0.25) is 0 Å². The van der Waals surface area contributed by atoms with E-state index in [-0.39, 0.29) is 6.04 Å². The molecule has 0 saturated carbocycles. The van der Waals surface area contributed by atoms with Crippen molar-refractivity contribution < 1.29 is 0 Å². The van der Waals surface area contributed by atoms with Crippen LogP contribution in [-0.2, 0) is 6.42 Å². The van der Waals surface area contributed by atoms with E-state index < -0.39 is 0 Å². The number of hydrogen-bond acceptors (Lipinski definition) is 4. The van der Waals surface area contributed by atoms with Crippen LogP contribution < -0.4 is 11.1 Å². The fraction of sp³-hybridized carbons (Fsp3) is 0.333. The molecule has 1 aromatic carbocycles. The highest BCUT2D eigenvalue weighted by molar-refractivity contribution is 7.80. The third kappa shape index (κ3) is 3.35. The molecule has 5 heteroatoms. The minimum atomic E-state index is 0.135. The molecule has 1 atom stereocenters. The molecule has 0 bridgehead atoms. The first kappa shape index (κ1) is 14.9. The second-order valence-corrected chi connectivity index (χ2v) is 6.38. The average molecular weight is 305 g/mol. The Morgan fingerprint density at radius 2 is 2.25 bits per heavy atom. The predicted molar refractivity (Wildman–Crippen MR) is 90.6 cm³/mol. The van der Waals surface area contributed by atoms with Crippen molar-refractivity contribution in [1.82, 2.24) is 4.98 Å². The first-order chi connectivity index (χ1) is 9.51. The Kier molecular flexibility index (Phi) is 4.73. The van der Waals surface area contributed by atoms with E-state index in [0.717, 1.165) is 28.2 Å². The average Bonchev–Trinajstić information content (AvgIpc) is 2.89. The van der Waals surface area contributed by atoms with Crippen molar-refractivity contribution in [2.45, 2.75) is 33.2 Å². The smallest absolute Gasteiger partial charge is 0.115 e. The van der Waals surface area contributed by atoms with Gasteiger partial charge >= 0.3 is 0 Å². The minimum Gasteiger partial charge on any atom is -0.389 e. The van der Waals surface area contributed by atoms with Crippen LogP contribution in [0.2, 0.25) is 0 Å². The summed E-state index contributed by atoms with van der Waals surface area (Å²) in [6, 6.07) is 6.22. The number of thiocarbonyl (C=S) groups is 1. The zero-order valence-electron chi connectivity index (χ0n) is 11.9. The molecule has 2 rings (SSSR count). The molecular formula is C15H19N3S2. The van der Waals surface area contributed by atoms with Crippen LogP contribution in [-0.4, -0.2) is 9.97 Å². The van der Waals surface area contributed by atoms with Gasteiger partial charge in [0.25, 0.3) is 0 Å². The topological polar surface area (TPSA) is 50.9 Å². The van der Waals surface area contributed by atoms with Crippen molar-refractivity contribution in [3.63, 3.8) is 0 Å². The van der Waals surface area contributed by atoms with Gasteiger partial charge < -0.3 is 11.1 Å². The number of nitrogens with zero attached hydrogens (tertiary/aromatic N) is 1. The van der Waals surface area contributed by atoms with E-state index in [1.54, 1.807) is 11.3 Å². The van der Waals surface area contributed by atoms with Gasteiger partial charge in [0.15, 0.2) is 0 Å². The Labute approximate surface area is 129 Å². The largest absolute Gasteiger partial charge is 0.389 e. The lowest BCUT2D eigenvalue weighted by atomic mass is 10.1. The van der Waals surface area contributed by atoms with E-state index in [4.69, 9.17) is 18.0 Å². The molecule has 1 aromatic heterocycles. The summed E-state index contributed by atoms with van der Waals surface area (Å²) in [6.45, 7) is 6.27. The SMILES string of the molecule is CCc1cnc(C(C)Nc2ccc(C)cc2C(N)=S)s1. The summed E-state index contributed by atoms with van der Waals surface area (Å²) in [4.78, 5) is 6.18. The summed E-state index contributed by atoms with van der Waals surface area (Å²) in [5.41, 5.74) is 8.80. The van der Waals surface area contributed by atoms with E-state index in [9.17, 15) is 0 Å². The van der Waals surface area contributed by atoms with Crippen LogP contribution in [0.5, 0.6) is 0 Å². The van der Waals surface area contributed by atoms with Gasteiger partial charge in [-0.05, 0) is 32.4 Å². The van der Waals surface area contributed by atoms with Gasteiger partial charge in [-0.15, -0.1) is 11.3 Å². The summed E-state index contributed by atoms with van der Waals surface area (Å²) in [5.74, 6) is 0. The van der Waals surface area contributed by atoms with Gasteiger partial charge in [-0.3, -0.25) is 0 Å². The lowest BCUT2D eigenvalue weighted by Gasteiger charge is -2.16. The highest BCUT2D eigenvalue weighted by Crippen LogP contribution is 2.26. The molecule has 0 spiro atoms. The molecule has 0 aliphatic carbocycles. The van der Waals surface area contributed by atoms with Crippen LogP contribution in [0.1, 0.15) is 40.9 Å². The van der Waals surface area contributed by atoms with Gasteiger partial charge in [-0.25, -0.2) is 4.98 Å². The standard InChI is InChI=1S/C15H19N3S2/c1-4-11-8-17-15(20-11)10(3)18-13-6-5-9(2)7-12(13)14(16)19/h5-8,10,18H,4H2,1-3H3,(H2,16,19). The van der Waals surface area contributed by atoms with Crippen LogP contribution in [0.25, 0.3) is 0 Å². The van der Waals surface area contributed by atoms with E-state index in [2.05, 4.69) is 30.2 Å². The number of anilines is 1. The van der Waals surface area contributed by atoms with Crippen molar-refractivity contribution in [3.8, 4) is 0 Å². The number of nitrogens with one attached hydrogen (secondary N) is 1. The Morgan fingerprint density at radius 1 is 1.50 bits per heavy atom. The number of thiazole rings is 1. The molecule has 0 aliphatic heterocycles. The Bertz CT molecular complexity index is 619. The third-order valence-corrected chi connectivity index (χ3v) is 4.65. The predicted octanol–water partition coefficient (Wildman–Crippen LogP) is 3.82. The normalized spacial score (nSPS) is 12.2. The maximum atomic E-state index is 5.80.